The molecule has 3 atom stereocenters. The quantitative estimate of drug-likeness (QED) is 0.622. The van der Waals surface area contributed by atoms with Crippen LogP contribution in [0.15, 0.2) is 45.9 Å². The number of nitrogens with zero attached hydrogens (tertiary/aromatic N) is 3. The molecule has 1 aromatic heterocycles. The highest BCUT2D eigenvalue weighted by molar-refractivity contribution is 9.10. The Kier molecular flexibility index (Phi) is 7.59. The second kappa shape index (κ2) is 9.86. The van der Waals surface area contributed by atoms with Gasteiger partial charge in [0.25, 0.3) is 5.91 Å². The first-order valence-electron chi connectivity index (χ1n) is 10.3. The number of amides is 1. The van der Waals surface area contributed by atoms with E-state index >= 15 is 0 Å². The second-order valence-corrected chi connectivity index (χ2v) is 11.2. The summed E-state index contributed by atoms with van der Waals surface area (Å²) in [4.78, 5) is 19.2. The van der Waals surface area contributed by atoms with Crippen molar-refractivity contribution >= 4 is 31.9 Å². The number of hydrogen-bond acceptors (Lipinski definition) is 6. The third kappa shape index (κ3) is 5.14. The van der Waals surface area contributed by atoms with Gasteiger partial charge in [-0.1, -0.05) is 24.6 Å². The summed E-state index contributed by atoms with van der Waals surface area (Å²) in [5.41, 5.74) is 1.24. The predicted octanol–water partition coefficient (Wildman–Crippen LogP) is 2.69. The Balaban J connectivity index is 1.94. The number of rotatable bonds is 6. The minimum atomic E-state index is -3.72. The fourth-order valence-electron chi connectivity index (χ4n) is 3.54. The third-order valence-corrected chi connectivity index (χ3v) is 7.93. The molecule has 0 fully saturated rings. The van der Waals surface area contributed by atoms with Gasteiger partial charge >= 0.3 is 0 Å². The minimum Gasteiger partial charge on any atom is -0.472 e. The number of aliphatic hydroxyl groups excluding tert-OH is 1. The zero-order valence-electron chi connectivity index (χ0n) is 18.5. The van der Waals surface area contributed by atoms with Crippen LogP contribution in [-0.2, 0) is 10.0 Å². The fraction of sp³-hybridized carbons (Fsp3) is 0.455. The SMILES string of the molecule is Cc1ccc(S(=O)(=O)N(C)C[C@H]2Oc3ncc(Br)cc3C(=O)N([C@H](C)CO)C[C@@H]2C)cc1. The van der Waals surface area contributed by atoms with Gasteiger partial charge in [0, 0.05) is 30.2 Å². The lowest BCUT2D eigenvalue weighted by molar-refractivity contribution is 0.0373. The molecule has 0 bridgehead atoms. The van der Waals surface area contributed by atoms with E-state index in [1.54, 1.807) is 42.2 Å². The summed E-state index contributed by atoms with van der Waals surface area (Å²) in [7, 11) is -2.21. The molecule has 10 heteroatoms. The first kappa shape index (κ1) is 24.6. The number of likely N-dealkylation sites (N-methyl/N-ethyl adjacent to an activating group) is 1. The second-order valence-electron chi connectivity index (χ2n) is 8.23. The van der Waals surface area contributed by atoms with Gasteiger partial charge in [-0.25, -0.2) is 13.4 Å². The van der Waals surface area contributed by atoms with Gasteiger partial charge < -0.3 is 14.7 Å². The van der Waals surface area contributed by atoms with E-state index in [9.17, 15) is 18.3 Å². The van der Waals surface area contributed by atoms with Crippen molar-refractivity contribution in [3.63, 3.8) is 0 Å². The lowest BCUT2D eigenvalue weighted by Crippen LogP contribution is -2.50. The lowest BCUT2D eigenvalue weighted by atomic mass is 10.0. The molecule has 0 saturated heterocycles. The Hall–Kier alpha value is -2.01. The molecule has 1 aromatic carbocycles. The average molecular weight is 526 g/mol. The molecular formula is C22H28BrN3O5S. The van der Waals surface area contributed by atoms with Crippen molar-refractivity contribution in [2.45, 2.75) is 37.8 Å². The van der Waals surface area contributed by atoms with Gasteiger partial charge in [-0.05, 0) is 48.0 Å². The van der Waals surface area contributed by atoms with Gasteiger partial charge in [0.15, 0.2) is 0 Å². The number of aryl methyl sites for hydroxylation is 1. The van der Waals surface area contributed by atoms with Gasteiger partial charge in [0.2, 0.25) is 15.9 Å². The molecule has 174 valence electrons. The number of halogens is 1. The highest BCUT2D eigenvalue weighted by atomic mass is 79.9. The third-order valence-electron chi connectivity index (χ3n) is 5.65. The molecule has 32 heavy (non-hydrogen) atoms. The molecule has 3 rings (SSSR count). The number of hydrogen-bond donors (Lipinski definition) is 1. The number of benzene rings is 1. The monoisotopic (exact) mass is 525 g/mol. The first-order chi connectivity index (χ1) is 15.0. The van der Waals surface area contributed by atoms with Crippen molar-refractivity contribution in [2.24, 2.45) is 5.92 Å². The topological polar surface area (TPSA) is 100 Å². The number of pyridine rings is 1. The summed E-state index contributed by atoms with van der Waals surface area (Å²) in [6, 6.07) is 7.90. The summed E-state index contributed by atoms with van der Waals surface area (Å²) in [5, 5.41) is 9.68. The summed E-state index contributed by atoms with van der Waals surface area (Å²) >= 11 is 3.34. The zero-order chi connectivity index (χ0) is 23.6. The van der Waals surface area contributed by atoms with Crippen LogP contribution < -0.4 is 4.74 Å². The zero-order valence-corrected chi connectivity index (χ0v) is 20.9. The van der Waals surface area contributed by atoms with E-state index in [2.05, 4.69) is 20.9 Å². The Morgan fingerprint density at radius 2 is 2.00 bits per heavy atom. The summed E-state index contributed by atoms with van der Waals surface area (Å²) in [5.74, 6) is -0.366. The van der Waals surface area contributed by atoms with Crippen LogP contribution in [0.5, 0.6) is 5.88 Å². The van der Waals surface area contributed by atoms with Crippen molar-refractivity contribution < 1.29 is 23.1 Å². The highest BCUT2D eigenvalue weighted by Gasteiger charge is 2.35. The number of aromatic nitrogens is 1. The lowest BCUT2D eigenvalue weighted by Gasteiger charge is -2.37. The number of carbonyl (C=O) groups excluding carboxylic acids is 1. The molecule has 0 saturated carbocycles. The van der Waals surface area contributed by atoms with E-state index in [1.165, 1.54) is 17.5 Å². The van der Waals surface area contributed by atoms with E-state index < -0.39 is 22.2 Å². The van der Waals surface area contributed by atoms with Crippen LogP contribution >= 0.6 is 15.9 Å². The smallest absolute Gasteiger partial charge is 0.259 e. The van der Waals surface area contributed by atoms with Gasteiger partial charge in [-0.2, -0.15) is 4.31 Å². The van der Waals surface area contributed by atoms with E-state index in [4.69, 9.17) is 4.74 Å². The van der Waals surface area contributed by atoms with Crippen LogP contribution in [0.3, 0.4) is 0 Å². The minimum absolute atomic E-state index is 0.0735. The normalized spacial score (nSPS) is 20.3. The Morgan fingerprint density at radius 1 is 1.34 bits per heavy atom. The maximum Gasteiger partial charge on any atom is 0.259 e. The summed E-state index contributed by atoms with van der Waals surface area (Å²) in [6.07, 6.45) is 0.969. The molecule has 0 spiro atoms. The predicted molar refractivity (Wildman–Crippen MR) is 124 cm³/mol. The molecule has 1 N–H and O–H groups in total. The molecule has 8 nitrogen and oxygen atoms in total. The molecule has 1 amide bonds. The van der Waals surface area contributed by atoms with Crippen molar-refractivity contribution in [1.29, 1.82) is 0 Å². The molecule has 2 aromatic rings. The largest absolute Gasteiger partial charge is 0.472 e. The van der Waals surface area contributed by atoms with Crippen molar-refractivity contribution in [3.8, 4) is 5.88 Å². The van der Waals surface area contributed by atoms with E-state index in [0.717, 1.165) is 5.56 Å². The van der Waals surface area contributed by atoms with Crippen LogP contribution in [0, 0.1) is 12.8 Å². The number of fused-ring (bicyclic) bond motifs is 1. The van der Waals surface area contributed by atoms with Crippen LogP contribution in [0.2, 0.25) is 0 Å². The summed E-state index contributed by atoms with van der Waals surface area (Å²) < 4.78 is 34.2. The molecule has 0 unspecified atom stereocenters. The fourth-order valence-corrected chi connectivity index (χ4v) is 5.05. The van der Waals surface area contributed by atoms with E-state index in [0.29, 0.717) is 11.0 Å². The molecule has 2 heterocycles. The first-order valence-corrected chi connectivity index (χ1v) is 12.5. The maximum atomic E-state index is 13.2. The van der Waals surface area contributed by atoms with Crippen molar-refractivity contribution in [2.75, 3.05) is 26.7 Å². The van der Waals surface area contributed by atoms with Crippen LogP contribution in [0.4, 0.5) is 0 Å². The Labute approximate surface area is 197 Å². The Bertz CT molecular complexity index is 1080. The van der Waals surface area contributed by atoms with Crippen LogP contribution in [0.1, 0.15) is 29.8 Å². The molecule has 1 aliphatic heterocycles. The van der Waals surface area contributed by atoms with Crippen LogP contribution in [-0.4, -0.2) is 72.5 Å². The van der Waals surface area contributed by atoms with E-state index in [1.807, 2.05) is 13.8 Å². The van der Waals surface area contributed by atoms with Gasteiger partial charge in [-0.15, -0.1) is 0 Å². The van der Waals surface area contributed by atoms with Gasteiger partial charge in [0.05, 0.1) is 24.1 Å². The standard InChI is InChI=1S/C22H28BrN3O5S/c1-14-5-7-18(8-6-14)32(29,30)25(4)12-20-15(2)11-26(16(3)13-27)22(28)19-9-17(23)10-24-21(19)31-20/h5-10,15-16,20,27H,11-13H2,1-4H3/t15-,16+,20+/m0/s1. The van der Waals surface area contributed by atoms with Crippen molar-refractivity contribution in [3.05, 3.63) is 52.1 Å². The molecule has 0 aliphatic carbocycles. The Morgan fingerprint density at radius 3 is 2.62 bits per heavy atom. The van der Waals surface area contributed by atoms with Crippen LogP contribution in [0.25, 0.3) is 0 Å². The number of aliphatic hydroxyl groups is 1. The number of carbonyl (C=O) groups is 1. The van der Waals surface area contributed by atoms with E-state index in [-0.39, 0.29) is 41.3 Å². The average Bonchev–Trinajstić information content (AvgIpc) is 2.76. The van der Waals surface area contributed by atoms with Gasteiger partial charge in [0.1, 0.15) is 11.7 Å². The number of ether oxygens (including phenoxy) is 1. The molecule has 0 radical (unpaired) electrons. The summed E-state index contributed by atoms with van der Waals surface area (Å²) in [6.45, 7) is 5.74. The maximum absolute atomic E-state index is 13.2. The molecular weight excluding hydrogens is 498 g/mol. The molecule has 1 aliphatic rings. The highest BCUT2D eigenvalue weighted by Crippen LogP contribution is 2.29. The van der Waals surface area contributed by atoms with Gasteiger partial charge in [-0.3, -0.25) is 4.79 Å². The number of sulfonamides is 1. The van der Waals surface area contributed by atoms with Crippen molar-refractivity contribution in [1.82, 2.24) is 14.2 Å².